The second kappa shape index (κ2) is 7.04. The van der Waals surface area contributed by atoms with Gasteiger partial charge in [0, 0.05) is 38.6 Å². The van der Waals surface area contributed by atoms with Gasteiger partial charge in [0.15, 0.2) is 6.61 Å². The van der Waals surface area contributed by atoms with E-state index in [4.69, 9.17) is 4.74 Å². The minimum atomic E-state index is -0.0800. The number of piperidine rings is 1. The first-order valence-electron chi connectivity index (χ1n) is 9.26. The minimum absolute atomic E-state index is 0.0476. The fourth-order valence-corrected chi connectivity index (χ4v) is 4.15. The van der Waals surface area contributed by atoms with Crippen LogP contribution in [0.1, 0.15) is 25.7 Å². The zero-order valence-electron chi connectivity index (χ0n) is 14.5. The Labute approximate surface area is 148 Å². The quantitative estimate of drug-likeness (QED) is 0.835. The Kier molecular flexibility index (Phi) is 4.61. The number of benzene rings is 1. The van der Waals surface area contributed by atoms with E-state index in [9.17, 15) is 9.59 Å². The van der Waals surface area contributed by atoms with Gasteiger partial charge in [-0.25, -0.2) is 0 Å². The van der Waals surface area contributed by atoms with Gasteiger partial charge in [0.2, 0.25) is 5.91 Å². The summed E-state index contributed by atoms with van der Waals surface area (Å²) < 4.78 is 5.46. The monoisotopic (exact) mass is 343 g/mol. The maximum atomic E-state index is 12.7. The van der Waals surface area contributed by atoms with Gasteiger partial charge in [-0.1, -0.05) is 18.6 Å². The van der Waals surface area contributed by atoms with E-state index in [2.05, 4.69) is 4.90 Å². The first kappa shape index (κ1) is 16.4. The van der Waals surface area contributed by atoms with Gasteiger partial charge >= 0.3 is 0 Å². The Bertz CT molecular complexity index is 663. The van der Waals surface area contributed by atoms with Crippen molar-refractivity contribution < 1.29 is 14.3 Å². The lowest BCUT2D eigenvalue weighted by atomic mass is 9.99. The molecule has 2 saturated heterocycles. The average molecular weight is 343 g/mol. The molecule has 0 N–H and O–H groups in total. The maximum absolute atomic E-state index is 12.7. The van der Waals surface area contributed by atoms with Crippen molar-refractivity contribution in [2.45, 2.75) is 31.7 Å². The van der Waals surface area contributed by atoms with Crippen molar-refractivity contribution in [3.05, 3.63) is 24.3 Å². The fraction of sp³-hybridized carbons (Fsp3) is 0.579. The smallest absolute Gasteiger partial charge is 0.265 e. The molecule has 0 aromatic heterocycles. The van der Waals surface area contributed by atoms with E-state index in [0.29, 0.717) is 24.8 Å². The summed E-state index contributed by atoms with van der Waals surface area (Å²) in [5.74, 6) is 0.788. The summed E-state index contributed by atoms with van der Waals surface area (Å²) in [7, 11) is 0. The molecular weight excluding hydrogens is 318 g/mol. The molecule has 2 fully saturated rings. The standard InChI is InChI=1S/C19H25N3O3/c23-18(21-12-11-20-9-4-3-5-15(20)13-21)8-10-22-16-6-1-2-7-17(16)25-14-19(22)24/h1-2,6-7,15H,3-5,8-14H2. The van der Waals surface area contributed by atoms with Gasteiger partial charge in [-0.15, -0.1) is 0 Å². The third kappa shape index (κ3) is 3.35. The number of fused-ring (bicyclic) bond motifs is 2. The van der Waals surface area contributed by atoms with Crippen molar-refractivity contribution in [1.29, 1.82) is 0 Å². The van der Waals surface area contributed by atoms with Crippen LogP contribution in [0, 0.1) is 0 Å². The lowest BCUT2D eigenvalue weighted by molar-refractivity contribution is -0.134. The fourth-order valence-electron chi connectivity index (χ4n) is 4.15. The number of ether oxygens (including phenoxy) is 1. The lowest BCUT2D eigenvalue weighted by Gasteiger charge is -2.44. The van der Waals surface area contributed by atoms with Crippen LogP contribution in [0.2, 0.25) is 0 Å². The van der Waals surface area contributed by atoms with Gasteiger partial charge in [-0.2, -0.15) is 0 Å². The number of hydrogen-bond acceptors (Lipinski definition) is 4. The number of para-hydroxylation sites is 2. The second-order valence-corrected chi connectivity index (χ2v) is 7.08. The lowest BCUT2D eigenvalue weighted by Crippen LogP contribution is -2.56. The molecule has 1 atom stereocenters. The van der Waals surface area contributed by atoms with Crippen LogP contribution in [0.3, 0.4) is 0 Å². The molecule has 3 aliphatic heterocycles. The zero-order chi connectivity index (χ0) is 17.2. The maximum Gasteiger partial charge on any atom is 0.265 e. The van der Waals surface area contributed by atoms with Crippen LogP contribution in [-0.4, -0.2) is 67.0 Å². The number of carbonyl (C=O) groups is 2. The molecule has 1 unspecified atom stereocenters. The summed E-state index contributed by atoms with van der Waals surface area (Å²) in [5, 5.41) is 0. The van der Waals surface area contributed by atoms with Crippen molar-refractivity contribution in [3.8, 4) is 5.75 Å². The van der Waals surface area contributed by atoms with Gasteiger partial charge in [-0.05, 0) is 31.5 Å². The van der Waals surface area contributed by atoms with Gasteiger partial charge in [0.25, 0.3) is 5.91 Å². The molecule has 0 saturated carbocycles. The Balaban J connectivity index is 1.37. The molecule has 1 aromatic rings. The van der Waals surface area contributed by atoms with E-state index in [-0.39, 0.29) is 18.4 Å². The molecule has 134 valence electrons. The third-order valence-corrected chi connectivity index (χ3v) is 5.55. The molecule has 6 nitrogen and oxygen atoms in total. The highest BCUT2D eigenvalue weighted by molar-refractivity contribution is 5.98. The van der Waals surface area contributed by atoms with Crippen LogP contribution in [0.4, 0.5) is 5.69 Å². The Morgan fingerprint density at radius 2 is 2.04 bits per heavy atom. The summed E-state index contributed by atoms with van der Waals surface area (Å²) in [6.07, 6.45) is 4.11. The number of amides is 2. The van der Waals surface area contributed by atoms with Crippen LogP contribution in [0.25, 0.3) is 0 Å². The summed E-state index contributed by atoms with van der Waals surface area (Å²) in [4.78, 5) is 31.1. The number of piperazine rings is 1. The number of anilines is 1. The van der Waals surface area contributed by atoms with E-state index in [1.54, 1.807) is 4.90 Å². The molecule has 2 amide bonds. The van der Waals surface area contributed by atoms with Gasteiger partial charge < -0.3 is 14.5 Å². The number of rotatable bonds is 3. The molecule has 6 heteroatoms. The number of carbonyl (C=O) groups excluding carboxylic acids is 2. The molecule has 4 rings (SSSR count). The van der Waals surface area contributed by atoms with Crippen molar-refractivity contribution in [2.24, 2.45) is 0 Å². The topological polar surface area (TPSA) is 53.1 Å². The van der Waals surface area contributed by atoms with Crippen LogP contribution in [0.5, 0.6) is 5.75 Å². The highest BCUT2D eigenvalue weighted by Gasteiger charge is 2.32. The van der Waals surface area contributed by atoms with E-state index in [0.717, 1.165) is 25.3 Å². The molecule has 0 bridgehead atoms. The molecule has 3 heterocycles. The largest absolute Gasteiger partial charge is 0.482 e. The molecule has 25 heavy (non-hydrogen) atoms. The molecular formula is C19H25N3O3. The number of nitrogens with zero attached hydrogens (tertiary/aromatic N) is 3. The molecule has 0 aliphatic carbocycles. The molecule has 1 aromatic carbocycles. The summed E-state index contributed by atoms with van der Waals surface area (Å²) in [5.41, 5.74) is 0.767. The normalized spacial score (nSPS) is 23.7. The summed E-state index contributed by atoms with van der Waals surface area (Å²) in [6, 6.07) is 8.04. The van der Waals surface area contributed by atoms with Crippen molar-refractivity contribution in [3.63, 3.8) is 0 Å². The highest BCUT2D eigenvalue weighted by Crippen LogP contribution is 2.31. The van der Waals surface area contributed by atoms with Crippen LogP contribution in [0.15, 0.2) is 24.3 Å². The average Bonchev–Trinajstić information content (AvgIpc) is 2.66. The summed E-state index contributed by atoms with van der Waals surface area (Å²) in [6.45, 7) is 4.27. The zero-order valence-corrected chi connectivity index (χ0v) is 14.5. The van der Waals surface area contributed by atoms with E-state index < -0.39 is 0 Å². The van der Waals surface area contributed by atoms with Gasteiger partial charge in [-0.3, -0.25) is 14.5 Å². The Morgan fingerprint density at radius 3 is 2.96 bits per heavy atom. The predicted molar refractivity (Wildman–Crippen MR) is 94.7 cm³/mol. The Hall–Kier alpha value is -2.08. The van der Waals surface area contributed by atoms with Crippen LogP contribution in [-0.2, 0) is 9.59 Å². The van der Waals surface area contributed by atoms with Crippen LogP contribution < -0.4 is 9.64 Å². The predicted octanol–water partition coefficient (Wildman–Crippen LogP) is 1.50. The van der Waals surface area contributed by atoms with Crippen molar-refractivity contribution >= 4 is 17.5 Å². The second-order valence-electron chi connectivity index (χ2n) is 7.08. The van der Waals surface area contributed by atoms with Gasteiger partial charge in [0.1, 0.15) is 5.75 Å². The first-order valence-corrected chi connectivity index (χ1v) is 9.26. The van der Waals surface area contributed by atoms with Gasteiger partial charge in [0.05, 0.1) is 5.69 Å². The third-order valence-electron chi connectivity index (χ3n) is 5.55. The highest BCUT2D eigenvalue weighted by atomic mass is 16.5. The van der Waals surface area contributed by atoms with Crippen molar-refractivity contribution in [1.82, 2.24) is 9.80 Å². The SMILES string of the molecule is O=C(CCN1C(=O)COc2ccccc21)N1CCN2CCCCC2C1. The molecule has 0 radical (unpaired) electrons. The minimum Gasteiger partial charge on any atom is -0.482 e. The van der Waals surface area contributed by atoms with E-state index >= 15 is 0 Å². The first-order chi connectivity index (χ1) is 12.2. The van der Waals surface area contributed by atoms with E-state index in [1.807, 2.05) is 29.2 Å². The summed E-state index contributed by atoms with van der Waals surface area (Å²) >= 11 is 0. The number of hydrogen-bond donors (Lipinski definition) is 0. The molecule has 0 spiro atoms. The van der Waals surface area contributed by atoms with Crippen molar-refractivity contribution in [2.75, 3.05) is 44.2 Å². The molecule has 3 aliphatic rings. The van der Waals surface area contributed by atoms with E-state index in [1.165, 1.54) is 25.8 Å². The Morgan fingerprint density at radius 1 is 1.16 bits per heavy atom. The van der Waals surface area contributed by atoms with Crippen LogP contribution >= 0.6 is 0 Å².